The molecule has 0 radical (unpaired) electrons. The van der Waals surface area contributed by atoms with E-state index in [1.165, 1.54) is 32.2 Å². The van der Waals surface area contributed by atoms with Crippen molar-refractivity contribution in [1.29, 1.82) is 0 Å². The number of rotatable bonds is 4. The van der Waals surface area contributed by atoms with Gasteiger partial charge in [-0.3, -0.25) is 4.79 Å². The molecule has 0 spiro atoms. The fourth-order valence-corrected chi connectivity index (χ4v) is 3.67. The lowest BCUT2D eigenvalue weighted by Gasteiger charge is -2.29. The Bertz CT molecular complexity index is 315. The molecule has 2 saturated heterocycles. The summed E-state index contributed by atoms with van der Waals surface area (Å²) in [6, 6.07) is 0.708. The summed E-state index contributed by atoms with van der Waals surface area (Å²) in [5, 5.41) is 3.54. The van der Waals surface area contributed by atoms with Crippen LogP contribution in [0.15, 0.2) is 0 Å². The van der Waals surface area contributed by atoms with Gasteiger partial charge in [-0.15, -0.1) is 0 Å². The largest absolute Gasteiger partial charge is 0.343 e. The molecule has 3 nitrogen and oxygen atoms in total. The molecule has 0 aromatic carbocycles. The highest BCUT2D eigenvalue weighted by Crippen LogP contribution is 2.34. The quantitative estimate of drug-likeness (QED) is 0.857. The van der Waals surface area contributed by atoms with Crippen LogP contribution >= 0.6 is 0 Å². The molecule has 0 aliphatic carbocycles. The monoisotopic (exact) mass is 280 g/mol. The van der Waals surface area contributed by atoms with Crippen molar-refractivity contribution >= 4 is 5.91 Å². The van der Waals surface area contributed by atoms with Crippen LogP contribution in [-0.2, 0) is 4.79 Å². The molecule has 2 fully saturated rings. The Morgan fingerprint density at radius 2 is 2.05 bits per heavy atom. The lowest BCUT2D eigenvalue weighted by Crippen LogP contribution is -2.32. The first kappa shape index (κ1) is 15.8. The SMILES string of the molecule is CC(C)(C)C1CCC(=O)N(CCCC2CCCN2)CC1. The maximum absolute atomic E-state index is 12.2. The average Bonchev–Trinajstić information content (AvgIpc) is 2.80. The summed E-state index contributed by atoms with van der Waals surface area (Å²) in [4.78, 5) is 14.3. The fourth-order valence-electron chi connectivity index (χ4n) is 3.67. The van der Waals surface area contributed by atoms with Gasteiger partial charge in [0.1, 0.15) is 0 Å². The number of hydrogen-bond acceptors (Lipinski definition) is 2. The van der Waals surface area contributed by atoms with Crippen molar-refractivity contribution in [2.45, 2.75) is 71.8 Å². The zero-order chi connectivity index (χ0) is 14.6. The van der Waals surface area contributed by atoms with Crippen molar-refractivity contribution in [2.75, 3.05) is 19.6 Å². The van der Waals surface area contributed by atoms with Crippen LogP contribution in [0.4, 0.5) is 0 Å². The van der Waals surface area contributed by atoms with Gasteiger partial charge in [0.2, 0.25) is 5.91 Å². The minimum absolute atomic E-state index is 0.337. The maximum Gasteiger partial charge on any atom is 0.222 e. The Morgan fingerprint density at radius 1 is 1.25 bits per heavy atom. The van der Waals surface area contributed by atoms with E-state index in [1.807, 2.05) is 0 Å². The van der Waals surface area contributed by atoms with Crippen LogP contribution in [0.25, 0.3) is 0 Å². The molecule has 0 aromatic heterocycles. The highest BCUT2D eigenvalue weighted by atomic mass is 16.2. The Kier molecular flexibility index (Phi) is 5.48. The van der Waals surface area contributed by atoms with Crippen molar-refractivity contribution in [3.05, 3.63) is 0 Å². The molecule has 20 heavy (non-hydrogen) atoms. The van der Waals surface area contributed by atoms with Gasteiger partial charge >= 0.3 is 0 Å². The number of hydrogen-bond donors (Lipinski definition) is 1. The third kappa shape index (κ3) is 4.47. The molecule has 116 valence electrons. The smallest absolute Gasteiger partial charge is 0.222 e. The van der Waals surface area contributed by atoms with Crippen molar-refractivity contribution in [3.63, 3.8) is 0 Å². The molecular formula is C17H32N2O. The molecule has 2 heterocycles. The molecular weight excluding hydrogens is 248 g/mol. The highest BCUT2D eigenvalue weighted by molar-refractivity contribution is 5.76. The van der Waals surface area contributed by atoms with Gasteiger partial charge < -0.3 is 10.2 Å². The number of nitrogens with zero attached hydrogens (tertiary/aromatic N) is 1. The van der Waals surface area contributed by atoms with E-state index >= 15 is 0 Å². The van der Waals surface area contributed by atoms with Gasteiger partial charge in [0.25, 0.3) is 0 Å². The van der Waals surface area contributed by atoms with Crippen LogP contribution in [0.2, 0.25) is 0 Å². The molecule has 0 saturated carbocycles. The fraction of sp³-hybridized carbons (Fsp3) is 0.941. The van der Waals surface area contributed by atoms with Gasteiger partial charge in [0.15, 0.2) is 0 Å². The van der Waals surface area contributed by atoms with Crippen LogP contribution in [-0.4, -0.2) is 36.5 Å². The van der Waals surface area contributed by atoms with Crippen LogP contribution in [0.3, 0.4) is 0 Å². The Morgan fingerprint density at radius 3 is 2.70 bits per heavy atom. The second-order valence-electron chi connectivity index (χ2n) is 7.71. The van der Waals surface area contributed by atoms with Crippen LogP contribution < -0.4 is 5.32 Å². The summed E-state index contributed by atoms with van der Waals surface area (Å²) in [5.74, 6) is 1.07. The first-order valence-electron chi connectivity index (χ1n) is 8.48. The Balaban J connectivity index is 1.75. The van der Waals surface area contributed by atoms with Gasteiger partial charge in [-0.05, 0) is 56.4 Å². The van der Waals surface area contributed by atoms with Gasteiger partial charge in [-0.2, -0.15) is 0 Å². The molecule has 1 N–H and O–H groups in total. The normalized spacial score (nSPS) is 28.8. The Labute approximate surface area is 124 Å². The Hall–Kier alpha value is -0.570. The van der Waals surface area contributed by atoms with E-state index < -0.39 is 0 Å². The number of nitrogens with one attached hydrogen (secondary N) is 1. The van der Waals surface area contributed by atoms with E-state index in [0.717, 1.165) is 32.4 Å². The average molecular weight is 280 g/mol. The zero-order valence-corrected chi connectivity index (χ0v) is 13.6. The van der Waals surface area contributed by atoms with Crippen molar-refractivity contribution in [2.24, 2.45) is 11.3 Å². The van der Waals surface area contributed by atoms with Crippen molar-refractivity contribution in [3.8, 4) is 0 Å². The maximum atomic E-state index is 12.2. The molecule has 3 heteroatoms. The predicted octanol–water partition coefficient (Wildman–Crippen LogP) is 3.19. The van der Waals surface area contributed by atoms with Crippen LogP contribution in [0.1, 0.15) is 65.7 Å². The minimum atomic E-state index is 0.337. The van der Waals surface area contributed by atoms with E-state index in [1.54, 1.807) is 0 Å². The minimum Gasteiger partial charge on any atom is -0.343 e. The third-order valence-corrected chi connectivity index (χ3v) is 5.17. The van der Waals surface area contributed by atoms with Gasteiger partial charge in [-0.25, -0.2) is 0 Å². The number of carbonyl (C=O) groups is 1. The van der Waals surface area contributed by atoms with Gasteiger partial charge in [-0.1, -0.05) is 20.8 Å². The summed E-state index contributed by atoms with van der Waals surface area (Å²) in [7, 11) is 0. The van der Waals surface area contributed by atoms with E-state index in [9.17, 15) is 4.79 Å². The lowest BCUT2D eigenvalue weighted by atomic mass is 9.77. The van der Waals surface area contributed by atoms with E-state index in [4.69, 9.17) is 0 Å². The molecule has 2 atom stereocenters. The van der Waals surface area contributed by atoms with E-state index in [2.05, 4.69) is 31.0 Å². The number of carbonyl (C=O) groups excluding carboxylic acids is 1. The second-order valence-corrected chi connectivity index (χ2v) is 7.71. The summed E-state index contributed by atoms with van der Waals surface area (Å²) >= 11 is 0. The van der Waals surface area contributed by atoms with E-state index in [0.29, 0.717) is 23.3 Å². The molecule has 0 aromatic rings. The summed E-state index contributed by atoms with van der Waals surface area (Å²) < 4.78 is 0. The number of amides is 1. The third-order valence-electron chi connectivity index (χ3n) is 5.17. The summed E-state index contributed by atoms with van der Waals surface area (Å²) in [5.41, 5.74) is 0.337. The van der Waals surface area contributed by atoms with Crippen LogP contribution in [0, 0.1) is 11.3 Å². The zero-order valence-electron chi connectivity index (χ0n) is 13.6. The molecule has 2 rings (SSSR count). The molecule has 0 bridgehead atoms. The molecule has 1 amide bonds. The predicted molar refractivity (Wildman–Crippen MR) is 83.6 cm³/mol. The number of likely N-dealkylation sites (tertiary alicyclic amines) is 1. The lowest BCUT2D eigenvalue weighted by molar-refractivity contribution is -0.130. The highest BCUT2D eigenvalue weighted by Gasteiger charge is 2.29. The standard InChI is InChI=1S/C17H32N2O/c1-17(2,3)14-8-9-16(20)19(13-10-14)12-5-7-15-6-4-11-18-15/h14-15,18H,4-13H2,1-3H3. The van der Waals surface area contributed by atoms with Gasteiger partial charge in [0, 0.05) is 25.6 Å². The van der Waals surface area contributed by atoms with E-state index in [-0.39, 0.29) is 0 Å². The summed E-state index contributed by atoms with van der Waals surface area (Å²) in [6.45, 7) is 10.0. The summed E-state index contributed by atoms with van der Waals surface area (Å²) in [6.07, 6.45) is 8.03. The van der Waals surface area contributed by atoms with Crippen molar-refractivity contribution < 1.29 is 4.79 Å². The second kappa shape index (κ2) is 6.93. The first-order valence-corrected chi connectivity index (χ1v) is 8.48. The van der Waals surface area contributed by atoms with Gasteiger partial charge in [0.05, 0.1) is 0 Å². The molecule has 2 unspecified atom stereocenters. The molecule has 2 aliphatic heterocycles. The first-order chi connectivity index (χ1) is 9.47. The van der Waals surface area contributed by atoms with Crippen LogP contribution in [0.5, 0.6) is 0 Å². The molecule has 2 aliphatic rings. The topological polar surface area (TPSA) is 32.3 Å². The van der Waals surface area contributed by atoms with Crippen molar-refractivity contribution in [1.82, 2.24) is 10.2 Å².